The van der Waals surface area contributed by atoms with E-state index in [1.165, 1.54) is 6.21 Å². The van der Waals surface area contributed by atoms with Crippen LogP contribution in [0.4, 0.5) is 0 Å². The van der Waals surface area contributed by atoms with Gasteiger partial charge in [-0.1, -0.05) is 12.1 Å². The van der Waals surface area contributed by atoms with Gasteiger partial charge in [-0.3, -0.25) is 4.68 Å². The summed E-state index contributed by atoms with van der Waals surface area (Å²) in [5.41, 5.74) is 4.10. The predicted octanol–water partition coefficient (Wildman–Crippen LogP) is 1.97. The number of nitrogens with one attached hydrogen (secondary N) is 1. The van der Waals surface area contributed by atoms with Crippen molar-refractivity contribution in [2.45, 2.75) is 32.6 Å². The predicted molar refractivity (Wildman–Crippen MR) is 86.5 cm³/mol. The van der Waals surface area contributed by atoms with E-state index in [-0.39, 0.29) is 4.90 Å². The Balaban J connectivity index is 2.26. The smallest absolute Gasteiger partial charge is 0.272 e. The van der Waals surface area contributed by atoms with E-state index in [1.54, 1.807) is 23.7 Å². The van der Waals surface area contributed by atoms with Crippen LogP contribution in [0.5, 0.6) is 0 Å². The highest BCUT2D eigenvalue weighted by Crippen LogP contribution is 2.16. The molecule has 2 aromatic rings. The SMILES string of the molecule is Cc1ccc(C)c(S(=O)(=O)N/N=C\c2c(C)nn(C)c2C)c1. The average molecular weight is 320 g/mol. The van der Waals surface area contributed by atoms with Crippen LogP contribution in [0, 0.1) is 27.7 Å². The van der Waals surface area contributed by atoms with Crippen LogP contribution in [-0.2, 0) is 17.1 Å². The first-order valence-electron chi connectivity index (χ1n) is 6.84. The molecule has 0 unspecified atom stereocenters. The summed E-state index contributed by atoms with van der Waals surface area (Å²) in [5, 5.41) is 8.14. The van der Waals surface area contributed by atoms with E-state index < -0.39 is 10.0 Å². The van der Waals surface area contributed by atoms with E-state index in [0.29, 0.717) is 5.56 Å². The zero-order chi connectivity index (χ0) is 16.5. The fourth-order valence-electron chi connectivity index (χ4n) is 2.18. The minimum Gasteiger partial charge on any atom is -0.272 e. The van der Waals surface area contributed by atoms with Crippen LogP contribution in [0.3, 0.4) is 0 Å². The van der Waals surface area contributed by atoms with Crippen molar-refractivity contribution in [2.75, 3.05) is 0 Å². The van der Waals surface area contributed by atoms with Gasteiger partial charge in [0.1, 0.15) is 0 Å². The van der Waals surface area contributed by atoms with Crippen molar-refractivity contribution in [2.24, 2.45) is 12.1 Å². The molecule has 0 aliphatic heterocycles. The molecule has 0 bridgehead atoms. The molecule has 0 spiro atoms. The molecule has 2 rings (SSSR count). The van der Waals surface area contributed by atoms with E-state index in [4.69, 9.17) is 0 Å². The van der Waals surface area contributed by atoms with Gasteiger partial charge in [0.15, 0.2) is 0 Å². The lowest BCUT2D eigenvalue weighted by Gasteiger charge is -2.07. The molecule has 0 aliphatic carbocycles. The quantitative estimate of drug-likeness (QED) is 0.691. The fourth-order valence-corrected chi connectivity index (χ4v) is 3.31. The molecule has 0 saturated carbocycles. The maximum absolute atomic E-state index is 12.3. The summed E-state index contributed by atoms with van der Waals surface area (Å²) in [4.78, 5) is 2.50. The van der Waals surface area contributed by atoms with Gasteiger partial charge in [0.2, 0.25) is 0 Å². The summed E-state index contributed by atoms with van der Waals surface area (Å²) in [7, 11) is -1.84. The Bertz CT molecular complexity index is 835. The topological polar surface area (TPSA) is 76.3 Å². The largest absolute Gasteiger partial charge is 0.276 e. The molecule has 1 heterocycles. The number of aryl methyl sites for hydroxylation is 4. The highest BCUT2D eigenvalue weighted by molar-refractivity contribution is 7.89. The van der Waals surface area contributed by atoms with Gasteiger partial charge in [0.05, 0.1) is 16.8 Å². The van der Waals surface area contributed by atoms with Crippen molar-refractivity contribution in [1.29, 1.82) is 0 Å². The molecule has 0 atom stereocenters. The lowest BCUT2D eigenvalue weighted by molar-refractivity contribution is 0.584. The molecule has 7 heteroatoms. The zero-order valence-electron chi connectivity index (χ0n) is 13.4. The second-order valence-corrected chi connectivity index (χ2v) is 6.96. The van der Waals surface area contributed by atoms with Crippen molar-refractivity contribution in [3.63, 3.8) is 0 Å². The Hall–Kier alpha value is -2.15. The molecular formula is C15H20N4O2S. The Kier molecular flexibility index (Phi) is 4.37. The third kappa shape index (κ3) is 3.19. The second kappa shape index (κ2) is 5.92. The average Bonchev–Trinajstić information content (AvgIpc) is 2.67. The Labute approximate surface area is 130 Å². The third-order valence-corrected chi connectivity index (χ3v) is 4.93. The molecule has 1 aromatic carbocycles. The van der Waals surface area contributed by atoms with Crippen molar-refractivity contribution >= 4 is 16.2 Å². The molecule has 6 nitrogen and oxygen atoms in total. The number of nitrogens with zero attached hydrogens (tertiary/aromatic N) is 3. The van der Waals surface area contributed by atoms with Crippen molar-refractivity contribution in [3.05, 3.63) is 46.3 Å². The van der Waals surface area contributed by atoms with Gasteiger partial charge in [-0.05, 0) is 44.9 Å². The molecular weight excluding hydrogens is 300 g/mol. The van der Waals surface area contributed by atoms with Gasteiger partial charge in [-0.15, -0.1) is 0 Å². The molecule has 0 saturated heterocycles. The number of rotatable bonds is 4. The van der Waals surface area contributed by atoms with E-state index in [1.807, 2.05) is 33.9 Å². The van der Waals surface area contributed by atoms with Gasteiger partial charge >= 0.3 is 0 Å². The highest BCUT2D eigenvalue weighted by atomic mass is 32.2. The normalized spacial score (nSPS) is 12.0. The summed E-state index contributed by atoms with van der Waals surface area (Å²) in [6.45, 7) is 7.37. The third-order valence-electron chi connectivity index (χ3n) is 3.56. The van der Waals surface area contributed by atoms with E-state index in [9.17, 15) is 8.42 Å². The lowest BCUT2D eigenvalue weighted by Crippen LogP contribution is -2.19. The molecule has 1 aromatic heterocycles. The van der Waals surface area contributed by atoms with Gasteiger partial charge in [0, 0.05) is 18.3 Å². The second-order valence-electron chi connectivity index (χ2n) is 5.33. The number of benzene rings is 1. The first-order chi connectivity index (χ1) is 10.2. The first kappa shape index (κ1) is 16.2. The summed E-state index contributed by atoms with van der Waals surface area (Å²) in [6.07, 6.45) is 1.49. The first-order valence-corrected chi connectivity index (χ1v) is 8.33. The molecule has 0 aliphatic rings. The molecule has 22 heavy (non-hydrogen) atoms. The van der Waals surface area contributed by atoms with Crippen LogP contribution in [0.15, 0.2) is 28.2 Å². The monoisotopic (exact) mass is 320 g/mol. The number of hydrogen-bond donors (Lipinski definition) is 1. The summed E-state index contributed by atoms with van der Waals surface area (Å²) in [6, 6.07) is 5.29. The molecule has 118 valence electrons. The number of hydrazone groups is 1. The number of aromatic nitrogens is 2. The van der Waals surface area contributed by atoms with E-state index >= 15 is 0 Å². The van der Waals surface area contributed by atoms with E-state index in [0.717, 1.165) is 22.5 Å². The Morgan fingerprint density at radius 2 is 1.91 bits per heavy atom. The minimum absolute atomic E-state index is 0.240. The fraction of sp³-hybridized carbons (Fsp3) is 0.333. The van der Waals surface area contributed by atoms with Crippen LogP contribution in [0.25, 0.3) is 0 Å². The maximum Gasteiger partial charge on any atom is 0.276 e. The van der Waals surface area contributed by atoms with Crippen LogP contribution >= 0.6 is 0 Å². The van der Waals surface area contributed by atoms with Crippen LogP contribution in [0.2, 0.25) is 0 Å². The van der Waals surface area contributed by atoms with Crippen molar-refractivity contribution in [1.82, 2.24) is 14.6 Å². The molecule has 1 N–H and O–H groups in total. The van der Waals surface area contributed by atoms with Crippen molar-refractivity contribution in [3.8, 4) is 0 Å². The minimum atomic E-state index is -3.68. The standard InChI is InChI=1S/C15H20N4O2S/c1-10-6-7-11(2)15(8-10)22(20,21)18-16-9-14-12(3)17-19(5)13(14)4/h6-9,18H,1-5H3/b16-9-. The van der Waals surface area contributed by atoms with E-state index in [2.05, 4.69) is 15.0 Å². The lowest BCUT2D eigenvalue weighted by atomic mass is 10.2. The highest BCUT2D eigenvalue weighted by Gasteiger charge is 2.16. The summed E-state index contributed by atoms with van der Waals surface area (Å²) in [5.74, 6) is 0. The Morgan fingerprint density at radius 3 is 2.50 bits per heavy atom. The number of sulfonamides is 1. The number of hydrogen-bond acceptors (Lipinski definition) is 4. The van der Waals surface area contributed by atoms with Crippen LogP contribution < -0.4 is 4.83 Å². The van der Waals surface area contributed by atoms with Gasteiger partial charge < -0.3 is 0 Å². The molecule has 0 fully saturated rings. The summed E-state index contributed by atoms with van der Waals surface area (Å²) >= 11 is 0. The van der Waals surface area contributed by atoms with Crippen molar-refractivity contribution < 1.29 is 8.42 Å². The maximum atomic E-state index is 12.3. The Morgan fingerprint density at radius 1 is 1.23 bits per heavy atom. The van der Waals surface area contributed by atoms with Crippen LogP contribution in [-0.4, -0.2) is 24.4 Å². The van der Waals surface area contributed by atoms with Gasteiger partial charge in [-0.25, -0.2) is 4.83 Å². The zero-order valence-corrected chi connectivity index (χ0v) is 14.2. The summed E-state index contributed by atoms with van der Waals surface area (Å²) < 4.78 is 26.4. The van der Waals surface area contributed by atoms with Gasteiger partial charge in [-0.2, -0.15) is 18.6 Å². The molecule has 0 amide bonds. The molecule has 0 radical (unpaired) electrons. The van der Waals surface area contributed by atoms with Crippen LogP contribution in [0.1, 0.15) is 28.1 Å². The van der Waals surface area contributed by atoms with Gasteiger partial charge in [0.25, 0.3) is 10.0 Å².